The second-order valence-corrected chi connectivity index (χ2v) is 10.9. The van der Waals surface area contributed by atoms with E-state index in [-0.39, 0.29) is 49.8 Å². The Morgan fingerprint density at radius 2 is 1.89 bits per heavy atom. The Kier molecular flexibility index (Phi) is 6.22. The van der Waals surface area contributed by atoms with E-state index in [4.69, 9.17) is 5.73 Å². The third kappa shape index (κ3) is 4.80. The number of hydrogen-bond acceptors (Lipinski definition) is 5. The van der Waals surface area contributed by atoms with Gasteiger partial charge >= 0.3 is 0 Å². The van der Waals surface area contributed by atoms with Gasteiger partial charge in [0.1, 0.15) is 0 Å². The van der Waals surface area contributed by atoms with Gasteiger partial charge in [-0.25, -0.2) is 27.1 Å². The van der Waals surface area contributed by atoms with Crippen LogP contribution in [0.1, 0.15) is 87.5 Å². The van der Waals surface area contributed by atoms with Gasteiger partial charge in [0.05, 0.1) is 41.7 Å². The van der Waals surface area contributed by atoms with Gasteiger partial charge < -0.3 is 11.1 Å². The lowest BCUT2D eigenvalue weighted by molar-refractivity contribution is -0.135. The fourth-order valence-corrected chi connectivity index (χ4v) is 5.87. The molecule has 2 heterocycles. The Morgan fingerprint density at radius 3 is 2.47 bits per heavy atom. The van der Waals surface area contributed by atoms with Crippen LogP contribution in [-0.2, 0) is 4.79 Å². The van der Waals surface area contributed by atoms with Gasteiger partial charge in [-0.2, -0.15) is 10.4 Å². The van der Waals surface area contributed by atoms with E-state index in [0.29, 0.717) is 42.6 Å². The number of nitrogens with two attached hydrogens (primary N) is 1. The fourth-order valence-electron chi connectivity index (χ4n) is 5.87. The molecule has 0 aromatic carbocycles. The second-order valence-electron chi connectivity index (χ2n) is 10.9. The quantitative estimate of drug-likeness (QED) is 0.523. The lowest BCUT2D eigenvalue weighted by atomic mass is 9.63. The summed E-state index contributed by atoms with van der Waals surface area (Å²) in [5.41, 5.74) is 7.24. The first-order valence-corrected chi connectivity index (χ1v) is 12.6. The number of rotatable bonds is 7. The van der Waals surface area contributed by atoms with E-state index in [1.54, 1.807) is 23.0 Å². The molecular formula is C25H30F4N6O. The molecule has 2 aromatic rings. The number of hydrogen-bond donors (Lipinski definition) is 2. The molecule has 0 aliphatic heterocycles. The highest BCUT2D eigenvalue weighted by Gasteiger charge is 2.48. The van der Waals surface area contributed by atoms with Gasteiger partial charge in [-0.3, -0.25) is 4.79 Å². The van der Waals surface area contributed by atoms with Crippen molar-refractivity contribution in [3.8, 4) is 6.07 Å². The van der Waals surface area contributed by atoms with Gasteiger partial charge in [0.25, 0.3) is 0 Å². The maximum absolute atomic E-state index is 13.6. The van der Waals surface area contributed by atoms with Crippen molar-refractivity contribution in [3.05, 3.63) is 29.7 Å². The lowest BCUT2D eigenvalue weighted by Crippen LogP contribution is -2.46. The number of imidazole rings is 1. The average Bonchev–Trinajstić information content (AvgIpc) is 3.20. The first-order chi connectivity index (χ1) is 17.0. The van der Waals surface area contributed by atoms with Crippen LogP contribution >= 0.6 is 0 Å². The average molecular weight is 507 g/mol. The number of fused-ring (bicyclic) bond motifs is 1. The standard InChI is InChI=1S/C25H30F4N6O/c26-24(27)6-2-16(3-7-24)21(31)18-13-35-19(33-18)9-17(12-32-35)22(23(14-30)4-1-5-23)34-20(36)8-15-10-25(28,29)11-15/h9,12-13,15-16,21-22H,1-8,10-11,31H2,(H,34,36)/t21-,22-/m0/s1. The predicted octanol–water partition coefficient (Wildman–Crippen LogP) is 4.84. The van der Waals surface area contributed by atoms with Gasteiger partial charge in [0.2, 0.25) is 17.8 Å². The maximum Gasteiger partial charge on any atom is 0.248 e. The van der Waals surface area contributed by atoms with Crippen LogP contribution in [0.4, 0.5) is 17.6 Å². The first kappa shape index (κ1) is 24.9. The second kappa shape index (κ2) is 8.98. The summed E-state index contributed by atoms with van der Waals surface area (Å²) in [5, 5.41) is 17.3. The molecule has 3 aliphatic carbocycles. The molecule has 11 heteroatoms. The number of nitrogens with zero attached hydrogens (tertiary/aromatic N) is 4. The number of nitrogens with one attached hydrogen (secondary N) is 1. The van der Waals surface area contributed by atoms with Gasteiger partial charge in [0, 0.05) is 32.1 Å². The highest BCUT2D eigenvalue weighted by atomic mass is 19.3. The van der Waals surface area contributed by atoms with E-state index in [0.717, 1.165) is 6.42 Å². The smallest absolute Gasteiger partial charge is 0.248 e. The molecule has 2 atom stereocenters. The third-order valence-electron chi connectivity index (χ3n) is 8.28. The normalized spacial score (nSPS) is 24.8. The topological polar surface area (TPSA) is 109 Å². The molecule has 1 amide bonds. The van der Waals surface area contributed by atoms with E-state index in [1.165, 1.54) is 0 Å². The Morgan fingerprint density at radius 1 is 1.19 bits per heavy atom. The highest BCUT2D eigenvalue weighted by Crippen LogP contribution is 2.50. The van der Waals surface area contributed by atoms with Crippen LogP contribution in [-0.4, -0.2) is 32.4 Å². The Balaban J connectivity index is 1.35. The van der Waals surface area contributed by atoms with Gasteiger partial charge in [-0.05, 0) is 49.1 Å². The predicted molar refractivity (Wildman–Crippen MR) is 122 cm³/mol. The van der Waals surface area contributed by atoms with E-state index in [9.17, 15) is 27.6 Å². The van der Waals surface area contributed by atoms with E-state index < -0.39 is 29.3 Å². The molecule has 3 saturated carbocycles. The molecule has 3 fully saturated rings. The van der Waals surface area contributed by atoms with Crippen molar-refractivity contribution in [2.75, 3.05) is 0 Å². The van der Waals surface area contributed by atoms with Crippen molar-refractivity contribution in [2.45, 2.75) is 88.1 Å². The zero-order valence-electron chi connectivity index (χ0n) is 19.9. The van der Waals surface area contributed by atoms with Gasteiger partial charge in [0.15, 0.2) is 5.65 Å². The molecule has 0 unspecified atom stereocenters. The Hall–Kier alpha value is -2.74. The molecule has 5 rings (SSSR count). The summed E-state index contributed by atoms with van der Waals surface area (Å²) >= 11 is 0. The highest BCUT2D eigenvalue weighted by molar-refractivity contribution is 5.77. The van der Waals surface area contributed by atoms with Crippen LogP contribution in [0.2, 0.25) is 0 Å². The Bertz CT molecular complexity index is 1170. The number of carbonyl (C=O) groups excluding carboxylic acids is 1. The van der Waals surface area contributed by atoms with Crippen molar-refractivity contribution in [3.63, 3.8) is 0 Å². The minimum atomic E-state index is -2.70. The lowest BCUT2D eigenvalue weighted by Gasteiger charge is -2.43. The molecule has 3 aliphatic rings. The van der Waals surface area contributed by atoms with Crippen LogP contribution in [0.25, 0.3) is 5.65 Å². The number of alkyl halides is 4. The molecule has 3 N–H and O–H groups in total. The van der Waals surface area contributed by atoms with Gasteiger partial charge in [-0.15, -0.1) is 0 Å². The summed E-state index contributed by atoms with van der Waals surface area (Å²) in [5.74, 6) is -6.16. The zero-order chi connectivity index (χ0) is 25.7. The maximum atomic E-state index is 13.6. The van der Waals surface area contributed by atoms with Crippen LogP contribution in [0.5, 0.6) is 0 Å². The van der Waals surface area contributed by atoms with Crippen molar-refractivity contribution < 1.29 is 22.4 Å². The van der Waals surface area contributed by atoms with Crippen molar-refractivity contribution in [1.82, 2.24) is 19.9 Å². The largest absolute Gasteiger partial charge is 0.348 e. The first-order valence-electron chi connectivity index (χ1n) is 12.6. The summed E-state index contributed by atoms with van der Waals surface area (Å²) in [6.45, 7) is 0. The minimum Gasteiger partial charge on any atom is -0.348 e. The SMILES string of the molecule is N#CC1([C@@H](NC(=O)CC2CC(F)(F)C2)c2cnn3cc([C@@H](N)C4CCC(F)(F)CC4)nc3c2)CCC1. The molecule has 36 heavy (non-hydrogen) atoms. The van der Waals surface area contributed by atoms with Crippen LogP contribution < -0.4 is 11.1 Å². The van der Waals surface area contributed by atoms with Crippen LogP contribution in [0.3, 0.4) is 0 Å². The molecule has 0 radical (unpaired) electrons. The summed E-state index contributed by atoms with van der Waals surface area (Å²) in [6.07, 6.45) is 5.02. The molecule has 7 nitrogen and oxygen atoms in total. The number of nitriles is 1. The van der Waals surface area contributed by atoms with E-state index >= 15 is 0 Å². The molecular weight excluding hydrogens is 476 g/mol. The third-order valence-corrected chi connectivity index (χ3v) is 8.28. The van der Waals surface area contributed by atoms with Crippen molar-refractivity contribution in [2.24, 2.45) is 23.0 Å². The summed E-state index contributed by atoms with van der Waals surface area (Å²) in [6, 6.07) is 2.97. The fraction of sp³-hybridized carbons (Fsp3) is 0.680. The summed E-state index contributed by atoms with van der Waals surface area (Å²) in [4.78, 5) is 17.3. The Labute approximate surface area is 206 Å². The van der Waals surface area contributed by atoms with E-state index in [1.807, 2.05) is 0 Å². The monoisotopic (exact) mass is 506 g/mol. The number of carbonyl (C=O) groups is 1. The van der Waals surface area contributed by atoms with Gasteiger partial charge in [-0.1, -0.05) is 6.42 Å². The molecule has 2 aromatic heterocycles. The zero-order valence-corrected chi connectivity index (χ0v) is 19.9. The van der Waals surface area contributed by atoms with Crippen molar-refractivity contribution in [1.29, 1.82) is 5.26 Å². The van der Waals surface area contributed by atoms with Crippen LogP contribution in [0, 0.1) is 28.6 Å². The van der Waals surface area contributed by atoms with E-state index in [2.05, 4.69) is 21.5 Å². The number of amides is 1. The summed E-state index contributed by atoms with van der Waals surface area (Å²) in [7, 11) is 0. The van der Waals surface area contributed by atoms with Crippen LogP contribution in [0.15, 0.2) is 18.5 Å². The molecule has 0 saturated heterocycles. The summed E-state index contributed by atoms with van der Waals surface area (Å²) < 4.78 is 55.0. The number of aromatic nitrogens is 3. The molecule has 0 spiro atoms. The van der Waals surface area contributed by atoms with Crippen molar-refractivity contribution >= 4 is 11.6 Å². The molecule has 0 bridgehead atoms. The minimum absolute atomic E-state index is 0.00785. The number of halogens is 4. The molecule has 194 valence electrons.